The third kappa shape index (κ3) is 3.69. The lowest BCUT2D eigenvalue weighted by Gasteiger charge is -2.17. The Bertz CT molecular complexity index is 482. The number of rotatable bonds is 7. The monoisotopic (exact) mass is 275 g/mol. The van der Waals surface area contributed by atoms with Crippen LogP contribution in [0.3, 0.4) is 0 Å². The zero-order valence-corrected chi connectivity index (χ0v) is 11.9. The van der Waals surface area contributed by atoms with Gasteiger partial charge in [0.25, 0.3) is 10.2 Å². The molecule has 0 aliphatic carbocycles. The molecule has 0 saturated carbocycles. The maximum atomic E-state index is 11.9. The van der Waals surface area contributed by atoms with E-state index in [-0.39, 0.29) is 6.54 Å². The number of nitrogens with zero attached hydrogens (tertiary/aromatic N) is 3. The van der Waals surface area contributed by atoms with Crippen molar-refractivity contribution in [1.29, 1.82) is 0 Å². The molecule has 3 N–H and O–H groups in total. The number of hydrogen-bond acceptors (Lipinski definition) is 4. The first kappa shape index (κ1) is 14.9. The van der Waals surface area contributed by atoms with E-state index in [4.69, 9.17) is 5.73 Å². The second-order valence-corrected chi connectivity index (χ2v) is 6.04. The first-order chi connectivity index (χ1) is 8.38. The van der Waals surface area contributed by atoms with Gasteiger partial charge in [-0.15, -0.1) is 0 Å². The topological polar surface area (TPSA) is 93.2 Å². The first-order valence-corrected chi connectivity index (χ1v) is 7.29. The van der Waals surface area contributed by atoms with Crippen LogP contribution in [0.25, 0.3) is 0 Å². The van der Waals surface area contributed by atoms with Crippen molar-refractivity contribution in [1.82, 2.24) is 18.8 Å². The zero-order chi connectivity index (χ0) is 13.8. The van der Waals surface area contributed by atoms with Gasteiger partial charge in [-0.2, -0.15) is 22.5 Å². The summed E-state index contributed by atoms with van der Waals surface area (Å²) in [6.45, 7) is 2.68. The van der Waals surface area contributed by atoms with Crippen LogP contribution in [-0.4, -0.2) is 36.1 Å². The van der Waals surface area contributed by atoms with Crippen LogP contribution in [0.15, 0.2) is 6.20 Å². The summed E-state index contributed by atoms with van der Waals surface area (Å²) in [5.41, 5.74) is 6.41. The maximum Gasteiger partial charge on any atom is 0.279 e. The van der Waals surface area contributed by atoms with Crippen LogP contribution >= 0.6 is 0 Å². The molecule has 0 bridgehead atoms. The normalized spacial score (nSPS) is 12.2. The van der Waals surface area contributed by atoms with E-state index in [1.165, 1.54) is 8.99 Å². The third-order valence-electron chi connectivity index (χ3n) is 2.75. The van der Waals surface area contributed by atoms with Crippen molar-refractivity contribution in [2.45, 2.75) is 26.3 Å². The van der Waals surface area contributed by atoms with Crippen LogP contribution in [0.2, 0.25) is 0 Å². The number of nitrogens with one attached hydrogen (secondary N) is 1. The second-order valence-electron chi connectivity index (χ2n) is 4.18. The molecule has 0 unspecified atom stereocenters. The Balaban J connectivity index is 2.59. The minimum atomic E-state index is -3.45. The van der Waals surface area contributed by atoms with Gasteiger partial charge in [-0.1, -0.05) is 13.3 Å². The van der Waals surface area contributed by atoms with Gasteiger partial charge in [0.05, 0.1) is 6.20 Å². The van der Waals surface area contributed by atoms with E-state index >= 15 is 0 Å². The molecule has 18 heavy (non-hydrogen) atoms. The van der Waals surface area contributed by atoms with Gasteiger partial charge in [-0.3, -0.25) is 4.68 Å². The number of unbranched alkanes of at least 4 members (excludes halogenated alkanes) is 1. The average molecular weight is 275 g/mol. The average Bonchev–Trinajstić information content (AvgIpc) is 2.64. The lowest BCUT2D eigenvalue weighted by atomic mass is 10.3. The van der Waals surface area contributed by atoms with Gasteiger partial charge in [0.1, 0.15) is 5.82 Å². The van der Waals surface area contributed by atoms with E-state index in [9.17, 15) is 8.42 Å². The first-order valence-electron chi connectivity index (χ1n) is 5.85. The van der Waals surface area contributed by atoms with E-state index in [2.05, 4.69) is 9.82 Å². The Morgan fingerprint density at radius 2 is 2.22 bits per heavy atom. The fraction of sp³-hybridized carbons (Fsp3) is 0.700. The fourth-order valence-electron chi connectivity index (χ4n) is 1.41. The minimum absolute atomic E-state index is 0.151. The zero-order valence-electron chi connectivity index (χ0n) is 11.0. The smallest absolute Gasteiger partial charge is 0.279 e. The number of nitrogens with two attached hydrogens (primary N) is 1. The van der Waals surface area contributed by atoms with E-state index in [0.29, 0.717) is 17.9 Å². The predicted molar refractivity (Wildman–Crippen MR) is 70.9 cm³/mol. The number of nitrogen functional groups attached to an aromatic ring is 1. The van der Waals surface area contributed by atoms with Crippen molar-refractivity contribution in [3.05, 3.63) is 11.8 Å². The molecule has 1 heterocycles. The minimum Gasteiger partial charge on any atom is -0.384 e. The van der Waals surface area contributed by atoms with Crippen molar-refractivity contribution in [3.63, 3.8) is 0 Å². The SMILES string of the molecule is CCCCN(C)S(=O)(=O)NCc1cnn(C)c1N. The summed E-state index contributed by atoms with van der Waals surface area (Å²) in [5.74, 6) is 0.467. The second kappa shape index (κ2) is 6.17. The largest absolute Gasteiger partial charge is 0.384 e. The lowest BCUT2D eigenvalue weighted by Crippen LogP contribution is -2.38. The summed E-state index contributed by atoms with van der Waals surface area (Å²) < 4.78 is 29.1. The molecule has 0 saturated heterocycles. The highest BCUT2D eigenvalue weighted by Crippen LogP contribution is 2.09. The highest BCUT2D eigenvalue weighted by atomic mass is 32.2. The van der Waals surface area contributed by atoms with Crippen LogP contribution in [-0.2, 0) is 23.8 Å². The molecule has 1 aromatic heterocycles. The van der Waals surface area contributed by atoms with Crippen LogP contribution in [0.1, 0.15) is 25.3 Å². The number of anilines is 1. The molecule has 1 rings (SSSR count). The Morgan fingerprint density at radius 3 is 2.72 bits per heavy atom. The van der Waals surface area contributed by atoms with Crippen LogP contribution in [0.4, 0.5) is 5.82 Å². The Labute approximate surface area is 108 Å². The number of aryl methyl sites for hydroxylation is 1. The molecule has 1 aromatic rings. The van der Waals surface area contributed by atoms with Crippen LogP contribution in [0.5, 0.6) is 0 Å². The van der Waals surface area contributed by atoms with Gasteiger partial charge in [-0.25, -0.2) is 0 Å². The van der Waals surface area contributed by atoms with Gasteiger partial charge in [0, 0.05) is 32.7 Å². The predicted octanol–water partition coefficient (Wildman–Crippen LogP) is 0.0686. The summed E-state index contributed by atoms with van der Waals surface area (Å²) in [4.78, 5) is 0. The molecule has 0 fully saturated rings. The summed E-state index contributed by atoms with van der Waals surface area (Å²) >= 11 is 0. The highest BCUT2D eigenvalue weighted by molar-refractivity contribution is 7.87. The fourth-order valence-corrected chi connectivity index (χ4v) is 2.34. The van der Waals surface area contributed by atoms with E-state index in [1.54, 1.807) is 20.3 Å². The third-order valence-corrected chi connectivity index (χ3v) is 4.26. The Kier molecular flexibility index (Phi) is 5.12. The molecule has 0 atom stereocenters. The van der Waals surface area contributed by atoms with Crippen LogP contribution in [0, 0.1) is 0 Å². The molecule has 0 amide bonds. The molecule has 0 aromatic carbocycles. The Morgan fingerprint density at radius 1 is 1.56 bits per heavy atom. The highest BCUT2D eigenvalue weighted by Gasteiger charge is 2.17. The Hall–Kier alpha value is -1.12. The molecule has 0 spiro atoms. The van der Waals surface area contributed by atoms with Crippen molar-refractivity contribution >= 4 is 16.0 Å². The molecule has 7 nitrogen and oxygen atoms in total. The lowest BCUT2D eigenvalue weighted by molar-refractivity contribution is 0.448. The molecule has 8 heteroatoms. The van der Waals surface area contributed by atoms with Crippen LogP contribution < -0.4 is 10.5 Å². The van der Waals surface area contributed by atoms with Crippen molar-refractivity contribution in [2.75, 3.05) is 19.3 Å². The van der Waals surface area contributed by atoms with Gasteiger partial charge in [-0.05, 0) is 6.42 Å². The maximum absolute atomic E-state index is 11.9. The standard InChI is InChI=1S/C10H21N5O2S/c1-4-5-6-14(2)18(16,17)13-8-9-7-12-15(3)10(9)11/h7,13H,4-6,8,11H2,1-3H3. The molecular formula is C10H21N5O2S. The van der Waals surface area contributed by atoms with E-state index in [1.807, 2.05) is 6.92 Å². The van der Waals surface area contributed by atoms with Gasteiger partial charge in [0.15, 0.2) is 0 Å². The van der Waals surface area contributed by atoms with Crippen molar-refractivity contribution in [3.8, 4) is 0 Å². The number of aromatic nitrogens is 2. The van der Waals surface area contributed by atoms with Gasteiger partial charge >= 0.3 is 0 Å². The van der Waals surface area contributed by atoms with Crippen molar-refractivity contribution < 1.29 is 8.42 Å². The summed E-state index contributed by atoms with van der Waals surface area (Å²) in [5, 5.41) is 3.95. The van der Waals surface area contributed by atoms with Gasteiger partial charge < -0.3 is 5.73 Å². The molecule has 0 aliphatic rings. The summed E-state index contributed by atoms with van der Waals surface area (Å²) in [6, 6.07) is 0. The summed E-state index contributed by atoms with van der Waals surface area (Å²) in [6.07, 6.45) is 3.35. The van der Waals surface area contributed by atoms with Gasteiger partial charge in [0.2, 0.25) is 0 Å². The van der Waals surface area contributed by atoms with Crippen molar-refractivity contribution in [2.24, 2.45) is 7.05 Å². The summed E-state index contributed by atoms with van der Waals surface area (Å²) in [7, 11) is -0.178. The molecular weight excluding hydrogens is 254 g/mol. The van der Waals surface area contributed by atoms with E-state index in [0.717, 1.165) is 12.8 Å². The molecule has 0 radical (unpaired) electrons. The molecule has 0 aliphatic heterocycles. The van der Waals surface area contributed by atoms with E-state index < -0.39 is 10.2 Å². The molecule has 104 valence electrons. The quantitative estimate of drug-likeness (QED) is 0.736. The number of hydrogen-bond donors (Lipinski definition) is 2.